The molecule has 0 unspecified atom stereocenters. The Labute approximate surface area is 156 Å². The predicted molar refractivity (Wildman–Crippen MR) is 99.7 cm³/mol. The van der Waals surface area contributed by atoms with Crippen molar-refractivity contribution >= 4 is 11.6 Å². The number of aromatic nitrogens is 3. The summed E-state index contributed by atoms with van der Waals surface area (Å²) in [5.41, 5.74) is 2.42. The molecule has 0 bridgehead atoms. The van der Waals surface area contributed by atoms with Crippen molar-refractivity contribution in [1.29, 1.82) is 0 Å². The normalized spacial score (nSPS) is 11.1. The van der Waals surface area contributed by atoms with Crippen LogP contribution in [0.1, 0.15) is 11.1 Å². The van der Waals surface area contributed by atoms with Gasteiger partial charge in [0, 0.05) is 12.6 Å². The number of hydrogen-bond donors (Lipinski definition) is 1. The van der Waals surface area contributed by atoms with Crippen LogP contribution in [0.25, 0.3) is 5.69 Å². The number of para-hydroxylation sites is 1. The Bertz CT molecular complexity index is 937. The number of likely N-dealkylation sites (N-methyl/N-ethyl adjacent to an activating group) is 1. The van der Waals surface area contributed by atoms with Crippen LogP contribution in [0.15, 0.2) is 66.1 Å². The van der Waals surface area contributed by atoms with Gasteiger partial charge in [-0.1, -0.05) is 47.6 Å². The highest BCUT2D eigenvalue weighted by Gasteiger charge is 2.17. The molecule has 0 aliphatic rings. The molecule has 0 radical (unpaired) electrons. The van der Waals surface area contributed by atoms with Gasteiger partial charge in [-0.2, -0.15) is 4.98 Å². The molecule has 0 atom stereocenters. The number of oxime groups is 1. The minimum Gasteiger partial charge on any atom is -0.457 e. The van der Waals surface area contributed by atoms with E-state index < -0.39 is 0 Å². The fourth-order valence-electron chi connectivity index (χ4n) is 2.46. The summed E-state index contributed by atoms with van der Waals surface area (Å²) in [4.78, 5) is 21.1. The Morgan fingerprint density at radius 2 is 1.89 bits per heavy atom. The Morgan fingerprint density at radius 3 is 2.63 bits per heavy atom. The van der Waals surface area contributed by atoms with E-state index in [1.807, 2.05) is 48.5 Å². The first-order chi connectivity index (χ1) is 13.2. The molecule has 1 amide bonds. The lowest BCUT2D eigenvalue weighted by Gasteiger charge is -2.10. The molecule has 8 heteroatoms. The minimum absolute atomic E-state index is 0.168. The van der Waals surface area contributed by atoms with Gasteiger partial charge in [0.1, 0.15) is 20.0 Å². The van der Waals surface area contributed by atoms with Gasteiger partial charge in [-0.15, -0.1) is 5.10 Å². The van der Waals surface area contributed by atoms with Crippen molar-refractivity contribution in [2.24, 2.45) is 5.16 Å². The third kappa shape index (κ3) is 4.30. The van der Waals surface area contributed by atoms with Crippen molar-refractivity contribution in [2.75, 3.05) is 14.2 Å². The zero-order chi connectivity index (χ0) is 19.1. The van der Waals surface area contributed by atoms with Crippen LogP contribution in [-0.2, 0) is 16.2 Å². The number of nitrogens with zero attached hydrogens (tertiary/aromatic N) is 4. The van der Waals surface area contributed by atoms with Crippen LogP contribution < -0.4 is 10.1 Å². The summed E-state index contributed by atoms with van der Waals surface area (Å²) in [5, 5.41) is 10.7. The molecule has 8 nitrogen and oxygen atoms in total. The molecular weight excluding hydrogens is 346 g/mol. The molecule has 0 fully saturated rings. The van der Waals surface area contributed by atoms with Crippen LogP contribution in [-0.4, -0.2) is 40.5 Å². The molecule has 0 aliphatic heterocycles. The standard InChI is InChI=1S/C19H19N5O3/c1-20-18(25)17(23-26-2)16-11-7-6-8-14(16)12-27-19-21-13-24(22-19)15-9-4-3-5-10-15/h3-11,13H,12H2,1-2H3,(H,20,25)/b23-17+. The molecule has 1 N–H and O–H groups in total. The maximum Gasteiger partial charge on any atom is 0.336 e. The van der Waals surface area contributed by atoms with Crippen LogP contribution in [0, 0.1) is 0 Å². The van der Waals surface area contributed by atoms with Gasteiger partial charge in [0.2, 0.25) is 0 Å². The second-order valence-corrected chi connectivity index (χ2v) is 5.45. The van der Waals surface area contributed by atoms with Gasteiger partial charge >= 0.3 is 6.01 Å². The number of hydrogen-bond acceptors (Lipinski definition) is 6. The smallest absolute Gasteiger partial charge is 0.336 e. The highest BCUT2D eigenvalue weighted by molar-refractivity contribution is 6.45. The number of amides is 1. The zero-order valence-corrected chi connectivity index (χ0v) is 15.0. The molecule has 27 heavy (non-hydrogen) atoms. The summed E-state index contributed by atoms with van der Waals surface area (Å²) >= 11 is 0. The van der Waals surface area contributed by atoms with E-state index in [0.29, 0.717) is 5.56 Å². The average molecular weight is 365 g/mol. The van der Waals surface area contributed by atoms with E-state index >= 15 is 0 Å². The van der Waals surface area contributed by atoms with Crippen molar-refractivity contribution in [3.8, 4) is 11.7 Å². The second-order valence-electron chi connectivity index (χ2n) is 5.45. The average Bonchev–Trinajstić information content (AvgIpc) is 3.20. The summed E-state index contributed by atoms with van der Waals surface area (Å²) in [6.45, 7) is 0.175. The van der Waals surface area contributed by atoms with Gasteiger partial charge in [-0.05, 0) is 17.7 Å². The topological polar surface area (TPSA) is 90.6 Å². The van der Waals surface area contributed by atoms with Crippen molar-refractivity contribution in [3.63, 3.8) is 0 Å². The van der Waals surface area contributed by atoms with Crippen LogP contribution >= 0.6 is 0 Å². The van der Waals surface area contributed by atoms with Gasteiger partial charge in [0.25, 0.3) is 5.91 Å². The van der Waals surface area contributed by atoms with E-state index in [4.69, 9.17) is 9.57 Å². The molecule has 138 valence electrons. The first-order valence-corrected chi connectivity index (χ1v) is 8.24. The monoisotopic (exact) mass is 365 g/mol. The predicted octanol–water partition coefficient (Wildman–Crippen LogP) is 1.94. The molecule has 1 aromatic heterocycles. The molecule has 0 spiro atoms. The molecule has 1 heterocycles. The fourth-order valence-corrected chi connectivity index (χ4v) is 2.46. The summed E-state index contributed by atoms with van der Waals surface area (Å²) < 4.78 is 7.33. The molecule has 3 aromatic rings. The van der Waals surface area contributed by atoms with Crippen molar-refractivity contribution in [3.05, 3.63) is 72.1 Å². The van der Waals surface area contributed by atoms with Gasteiger partial charge in [0.05, 0.1) is 5.69 Å². The number of carbonyl (C=O) groups is 1. The number of rotatable bonds is 7. The number of carbonyl (C=O) groups excluding carboxylic acids is 1. The van der Waals surface area contributed by atoms with Crippen molar-refractivity contribution < 1.29 is 14.4 Å². The van der Waals surface area contributed by atoms with Gasteiger partial charge < -0.3 is 14.9 Å². The molecule has 3 rings (SSSR count). The van der Waals surface area contributed by atoms with Gasteiger partial charge in [0.15, 0.2) is 5.71 Å². The largest absolute Gasteiger partial charge is 0.457 e. The summed E-state index contributed by atoms with van der Waals surface area (Å²) in [7, 11) is 2.93. The Balaban J connectivity index is 1.78. The zero-order valence-electron chi connectivity index (χ0n) is 15.0. The van der Waals surface area contributed by atoms with Crippen LogP contribution in [0.3, 0.4) is 0 Å². The Hall–Kier alpha value is -3.68. The first-order valence-electron chi connectivity index (χ1n) is 8.24. The maximum atomic E-state index is 12.1. The number of nitrogens with one attached hydrogen (secondary N) is 1. The van der Waals surface area contributed by atoms with Crippen LogP contribution in [0.4, 0.5) is 0 Å². The van der Waals surface area contributed by atoms with Crippen molar-refractivity contribution in [2.45, 2.75) is 6.61 Å². The van der Waals surface area contributed by atoms with Crippen molar-refractivity contribution in [1.82, 2.24) is 20.1 Å². The lowest BCUT2D eigenvalue weighted by Crippen LogP contribution is -2.29. The Morgan fingerprint density at radius 1 is 1.15 bits per heavy atom. The molecule has 0 aliphatic carbocycles. The third-order valence-electron chi connectivity index (χ3n) is 3.75. The SMILES string of the molecule is CNC(=O)/C(=N/OC)c1ccccc1COc1ncn(-c2ccccc2)n1. The fraction of sp³-hybridized carbons (Fsp3) is 0.158. The minimum atomic E-state index is -0.351. The first kappa shape index (κ1) is 18.1. The summed E-state index contributed by atoms with van der Waals surface area (Å²) in [6, 6.07) is 17.1. The number of ether oxygens (including phenoxy) is 1. The van der Waals surface area contributed by atoms with E-state index in [9.17, 15) is 4.79 Å². The quantitative estimate of drug-likeness (QED) is 0.510. The highest BCUT2D eigenvalue weighted by Crippen LogP contribution is 2.15. The third-order valence-corrected chi connectivity index (χ3v) is 3.75. The molecular formula is C19H19N5O3. The van der Waals surface area contributed by atoms with E-state index in [-0.39, 0.29) is 24.2 Å². The van der Waals surface area contributed by atoms with Crippen LogP contribution in [0.5, 0.6) is 6.01 Å². The molecule has 0 saturated heterocycles. The van der Waals surface area contributed by atoms with E-state index in [2.05, 4.69) is 20.6 Å². The highest BCUT2D eigenvalue weighted by atomic mass is 16.6. The van der Waals surface area contributed by atoms with Gasteiger partial charge in [-0.25, -0.2) is 4.68 Å². The van der Waals surface area contributed by atoms with E-state index in [0.717, 1.165) is 11.3 Å². The van der Waals surface area contributed by atoms with Gasteiger partial charge in [-0.3, -0.25) is 4.79 Å². The van der Waals surface area contributed by atoms with Crippen LogP contribution in [0.2, 0.25) is 0 Å². The van der Waals surface area contributed by atoms with E-state index in [1.54, 1.807) is 17.1 Å². The van der Waals surface area contributed by atoms with E-state index in [1.165, 1.54) is 14.2 Å². The number of benzene rings is 2. The summed E-state index contributed by atoms with van der Waals surface area (Å²) in [5.74, 6) is -0.351. The Kier molecular flexibility index (Phi) is 5.78. The lowest BCUT2D eigenvalue weighted by molar-refractivity contribution is -0.114. The molecule has 2 aromatic carbocycles. The second kappa shape index (κ2) is 8.61. The molecule has 0 saturated carbocycles. The summed E-state index contributed by atoms with van der Waals surface area (Å²) in [6.07, 6.45) is 1.58. The lowest BCUT2D eigenvalue weighted by atomic mass is 10.0. The maximum absolute atomic E-state index is 12.1.